The van der Waals surface area contributed by atoms with Crippen molar-refractivity contribution in [3.63, 3.8) is 0 Å². The molecule has 0 saturated carbocycles. The number of fused-ring (bicyclic) bond motifs is 2. The van der Waals surface area contributed by atoms with Gasteiger partial charge in [-0.15, -0.1) is 0 Å². The van der Waals surface area contributed by atoms with Gasteiger partial charge in [-0.2, -0.15) is 0 Å². The van der Waals surface area contributed by atoms with Crippen LogP contribution in [0, 0.1) is 5.82 Å². The molecule has 0 aromatic heterocycles. The second-order valence-electron chi connectivity index (χ2n) is 11.4. The number of halogens is 1. The van der Waals surface area contributed by atoms with Crippen molar-refractivity contribution in [3.05, 3.63) is 118 Å². The summed E-state index contributed by atoms with van der Waals surface area (Å²) < 4.78 is 15.0. The predicted octanol–water partition coefficient (Wildman–Crippen LogP) is 3.98. The van der Waals surface area contributed by atoms with Crippen molar-refractivity contribution in [3.8, 4) is 0 Å². The molecule has 4 aromatic carbocycles. The van der Waals surface area contributed by atoms with E-state index in [9.17, 15) is 24.0 Å². The summed E-state index contributed by atoms with van der Waals surface area (Å²) in [5.41, 5.74) is 2.60. The summed E-state index contributed by atoms with van der Waals surface area (Å²) in [6, 6.07) is 22.4. The average molecular weight is 607 g/mol. The van der Waals surface area contributed by atoms with E-state index in [-0.39, 0.29) is 41.9 Å². The molecule has 1 atom stereocenters. The molecule has 2 aliphatic rings. The summed E-state index contributed by atoms with van der Waals surface area (Å²) in [5, 5.41) is 7.30. The molecule has 1 fully saturated rings. The minimum atomic E-state index is -1.09. The summed E-state index contributed by atoms with van der Waals surface area (Å²) in [6.45, 7) is 1.24. The topological polar surface area (TPSA) is 116 Å². The minimum Gasteiger partial charge on any atom is -0.348 e. The van der Waals surface area contributed by atoms with Gasteiger partial charge >= 0.3 is 0 Å². The molecule has 0 aliphatic carbocycles. The standard InChI is InChI=1S/C35H31FN4O5/c1-39(16-15-23-7-4-6-22-5-2-3-8-26(22)23)20-25-10-9-21(17-29(25)36)19-37-32(42)24-11-12-27-28(18-24)35(45)40(34(27)44)30-13-14-31(41)38-33(30)43/h2-12,17-18,30H,13-16,19-20H2,1H3,(H,37,42)(H,38,41,43). The molecule has 5 amide bonds. The fourth-order valence-electron chi connectivity index (χ4n) is 5.92. The number of benzene rings is 4. The molecule has 0 radical (unpaired) electrons. The van der Waals surface area contributed by atoms with E-state index in [4.69, 9.17) is 0 Å². The van der Waals surface area contributed by atoms with Crippen LogP contribution in [0.1, 0.15) is 60.6 Å². The van der Waals surface area contributed by atoms with Crippen molar-refractivity contribution in [1.29, 1.82) is 0 Å². The zero-order chi connectivity index (χ0) is 31.7. The number of nitrogens with zero attached hydrogens (tertiary/aromatic N) is 2. The lowest BCUT2D eigenvalue weighted by Gasteiger charge is -2.27. The summed E-state index contributed by atoms with van der Waals surface area (Å²) in [5.74, 6) is -3.37. The number of hydrogen-bond donors (Lipinski definition) is 2. The number of nitrogens with one attached hydrogen (secondary N) is 2. The lowest BCUT2D eigenvalue weighted by molar-refractivity contribution is -0.136. The van der Waals surface area contributed by atoms with Crippen LogP contribution >= 0.6 is 0 Å². The zero-order valence-electron chi connectivity index (χ0n) is 24.6. The first kappa shape index (κ1) is 29.8. The summed E-state index contributed by atoms with van der Waals surface area (Å²) in [6.07, 6.45) is 0.892. The fraction of sp³-hybridized carbons (Fsp3) is 0.229. The van der Waals surface area contributed by atoms with Crippen LogP contribution < -0.4 is 10.6 Å². The molecular weight excluding hydrogens is 575 g/mol. The Morgan fingerprint density at radius 3 is 2.51 bits per heavy atom. The number of carbonyl (C=O) groups is 5. The molecule has 0 bridgehead atoms. The van der Waals surface area contributed by atoms with Gasteiger partial charge in [0, 0.05) is 37.2 Å². The van der Waals surface area contributed by atoms with Crippen LogP contribution in [0.25, 0.3) is 10.8 Å². The summed E-state index contributed by atoms with van der Waals surface area (Å²) >= 11 is 0. The Morgan fingerprint density at radius 2 is 1.71 bits per heavy atom. The first-order chi connectivity index (χ1) is 21.7. The Labute approximate surface area is 259 Å². The number of piperidine rings is 1. The highest BCUT2D eigenvalue weighted by Gasteiger charge is 2.44. The molecule has 0 spiro atoms. The van der Waals surface area contributed by atoms with Crippen LogP contribution in [-0.2, 0) is 29.1 Å². The van der Waals surface area contributed by atoms with Gasteiger partial charge in [-0.25, -0.2) is 4.39 Å². The van der Waals surface area contributed by atoms with Crippen LogP contribution in [0.3, 0.4) is 0 Å². The van der Waals surface area contributed by atoms with Crippen molar-refractivity contribution >= 4 is 40.3 Å². The number of imide groups is 2. The number of hydrogen-bond acceptors (Lipinski definition) is 6. The van der Waals surface area contributed by atoms with Gasteiger partial charge in [0.1, 0.15) is 11.9 Å². The van der Waals surface area contributed by atoms with E-state index in [1.165, 1.54) is 40.6 Å². The monoisotopic (exact) mass is 606 g/mol. The van der Waals surface area contributed by atoms with Gasteiger partial charge in [0.05, 0.1) is 11.1 Å². The van der Waals surface area contributed by atoms with E-state index in [2.05, 4.69) is 45.9 Å². The van der Waals surface area contributed by atoms with Crippen molar-refractivity contribution in [1.82, 2.24) is 20.4 Å². The highest BCUT2D eigenvalue weighted by Crippen LogP contribution is 2.28. The molecule has 4 aromatic rings. The van der Waals surface area contributed by atoms with Crippen molar-refractivity contribution < 1.29 is 28.4 Å². The first-order valence-corrected chi connectivity index (χ1v) is 14.8. The van der Waals surface area contributed by atoms with Crippen molar-refractivity contribution in [2.75, 3.05) is 13.6 Å². The molecule has 1 unspecified atom stereocenters. The maximum Gasteiger partial charge on any atom is 0.262 e. The van der Waals surface area contributed by atoms with Crippen LogP contribution in [-0.4, -0.2) is 59.0 Å². The normalized spacial score (nSPS) is 16.3. The largest absolute Gasteiger partial charge is 0.348 e. The van der Waals surface area contributed by atoms with Crippen LogP contribution in [0.15, 0.2) is 78.9 Å². The van der Waals surface area contributed by atoms with Crippen molar-refractivity contribution in [2.45, 2.75) is 38.4 Å². The molecule has 9 nitrogen and oxygen atoms in total. The number of amides is 5. The lowest BCUT2D eigenvalue weighted by atomic mass is 10.0. The highest BCUT2D eigenvalue weighted by atomic mass is 19.1. The number of rotatable bonds is 9. The van der Waals surface area contributed by atoms with E-state index in [0.717, 1.165) is 17.9 Å². The molecule has 10 heteroatoms. The summed E-state index contributed by atoms with van der Waals surface area (Å²) in [4.78, 5) is 65.6. The minimum absolute atomic E-state index is 0.0114. The first-order valence-electron chi connectivity index (χ1n) is 14.8. The second kappa shape index (κ2) is 12.4. The van der Waals surface area contributed by atoms with Gasteiger partial charge in [0.25, 0.3) is 17.7 Å². The second-order valence-corrected chi connectivity index (χ2v) is 11.4. The molecule has 228 valence electrons. The third-order valence-corrected chi connectivity index (χ3v) is 8.36. The Morgan fingerprint density at radius 1 is 0.933 bits per heavy atom. The van der Waals surface area contributed by atoms with Crippen LogP contribution in [0.4, 0.5) is 4.39 Å². The Hall–Kier alpha value is -5.22. The molecule has 2 heterocycles. The van der Waals surface area contributed by atoms with Crippen molar-refractivity contribution in [2.24, 2.45) is 0 Å². The van der Waals surface area contributed by atoms with Crippen LogP contribution in [0.2, 0.25) is 0 Å². The van der Waals surface area contributed by atoms with E-state index >= 15 is 4.39 Å². The predicted molar refractivity (Wildman–Crippen MR) is 165 cm³/mol. The summed E-state index contributed by atoms with van der Waals surface area (Å²) in [7, 11) is 1.96. The van der Waals surface area contributed by atoms with Gasteiger partial charge in [-0.3, -0.25) is 34.2 Å². The SMILES string of the molecule is CN(CCc1cccc2ccccc12)Cc1ccc(CNC(=O)c2ccc3c(c2)C(=O)N(C2CCC(=O)NC2=O)C3=O)cc1F. The molecule has 6 rings (SSSR count). The van der Waals surface area contributed by atoms with Gasteiger partial charge in [0.2, 0.25) is 11.8 Å². The number of carbonyl (C=O) groups excluding carboxylic acids is 5. The van der Waals surface area contributed by atoms with Crippen LogP contribution in [0.5, 0.6) is 0 Å². The van der Waals surface area contributed by atoms with Gasteiger partial charge in [-0.05, 0) is 66.1 Å². The lowest BCUT2D eigenvalue weighted by Crippen LogP contribution is -2.54. The van der Waals surface area contributed by atoms with Gasteiger partial charge in [-0.1, -0.05) is 54.6 Å². The van der Waals surface area contributed by atoms with E-state index in [1.807, 2.05) is 19.2 Å². The number of likely N-dealkylation sites (N-methyl/N-ethyl adjacent to an activating group) is 1. The third kappa shape index (κ3) is 6.09. The molecular formula is C35H31FN4O5. The Kier molecular flexibility index (Phi) is 8.23. The smallest absolute Gasteiger partial charge is 0.262 e. The molecule has 2 N–H and O–H groups in total. The highest BCUT2D eigenvalue weighted by molar-refractivity contribution is 6.24. The maximum atomic E-state index is 15.0. The molecule has 45 heavy (non-hydrogen) atoms. The molecule has 2 aliphatic heterocycles. The van der Waals surface area contributed by atoms with E-state index < -0.39 is 35.6 Å². The van der Waals surface area contributed by atoms with Gasteiger partial charge < -0.3 is 10.2 Å². The maximum absolute atomic E-state index is 15.0. The Bertz CT molecular complexity index is 1870. The fourth-order valence-corrected chi connectivity index (χ4v) is 5.92. The van der Waals surface area contributed by atoms with E-state index in [0.29, 0.717) is 17.7 Å². The average Bonchev–Trinajstić information content (AvgIpc) is 3.28. The third-order valence-electron chi connectivity index (χ3n) is 8.36. The Balaban J connectivity index is 1.05. The van der Waals surface area contributed by atoms with E-state index in [1.54, 1.807) is 12.1 Å². The molecule has 1 saturated heterocycles. The zero-order valence-corrected chi connectivity index (χ0v) is 24.6. The van der Waals surface area contributed by atoms with Gasteiger partial charge in [0.15, 0.2) is 0 Å². The quantitative estimate of drug-likeness (QED) is 0.279.